The molecular formula is C15H25N3O3. The molecule has 0 aromatic carbocycles. The number of carbonyl (C=O) groups is 3. The summed E-state index contributed by atoms with van der Waals surface area (Å²) >= 11 is 0. The molecule has 2 fully saturated rings. The predicted octanol–water partition coefficient (Wildman–Crippen LogP) is 0.468. The molecule has 0 N–H and O–H groups in total. The summed E-state index contributed by atoms with van der Waals surface area (Å²) in [5.41, 5.74) is 0. The zero-order chi connectivity index (χ0) is 15.4. The molecule has 6 heteroatoms. The molecule has 2 rings (SSSR count). The normalized spacial score (nSPS) is 20.3. The standard InChI is InChI=1S/C15H25N3O3/c1-12(19)17-8-10-18(11-9-17)15(21)14(20)16(2)13-6-4-3-5-7-13/h13H,3-11H2,1-2H3. The van der Waals surface area contributed by atoms with E-state index >= 15 is 0 Å². The first-order valence-electron chi connectivity index (χ1n) is 7.82. The van der Waals surface area contributed by atoms with Crippen LogP contribution < -0.4 is 0 Å². The lowest BCUT2D eigenvalue weighted by Crippen LogP contribution is -2.54. The van der Waals surface area contributed by atoms with Crippen LogP contribution in [-0.4, -0.2) is 71.7 Å². The Morgan fingerprint density at radius 2 is 1.43 bits per heavy atom. The average Bonchev–Trinajstić information content (AvgIpc) is 2.53. The van der Waals surface area contributed by atoms with Gasteiger partial charge < -0.3 is 14.7 Å². The van der Waals surface area contributed by atoms with Gasteiger partial charge >= 0.3 is 11.8 Å². The van der Waals surface area contributed by atoms with Crippen molar-refractivity contribution in [2.45, 2.75) is 45.1 Å². The maximum atomic E-state index is 12.3. The molecule has 1 saturated heterocycles. The number of carbonyl (C=O) groups excluding carboxylic acids is 3. The van der Waals surface area contributed by atoms with Crippen LogP contribution in [0.4, 0.5) is 0 Å². The lowest BCUT2D eigenvalue weighted by molar-refractivity contribution is -0.154. The second-order valence-electron chi connectivity index (χ2n) is 6.01. The number of nitrogens with zero attached hydrogens (tertiary/aromatic N) is 3. The van der Waals surface area contributed by atoms with E-state index in [9.17, 15) is 14.4 Å². The smallest absolute Gasteiger partial charge is 0.312 e. The third-order valence-corrected chi connectivity index (χ3v) is 4.64. The van der Waals surface area contributed by atoms with Gasteiger partial charge in [-0.1, -0.05) is 19.3 Å². The second-order valence-corrected chi connectivity index (χ2v) is 6.01. The predicted molar refractivity (Wildman–Crippen MR) is 78.5 cm³/mol. The van der Waals surface area contributed by atoms with Gasteiger partial charge in [-0.3, -0.25) is 14.4 Å². The second kappa shape index (κ2) is 6.91. The van der Waals surface area contributed by atoms with Crippen LogP contribution >= 0.6 is 0 Å². The fraction of sp³-hybridized carbons (Fsp3) is 0.800. The molecule has 118 valence electrons. The van der Waals surface area contributed by atoms with E-state index in [1.165, 1.54) is 13.3 Å². The molecule has 1 aliphatic carbocycles. The lowest BCUT2D eigenvalue weighted by atomic mass is 9.94. The molecule has 1 aliphatic heterocycles. The van der Waals surface area contributed by atoms with Gasteiger partial charge in [0.2, 0.25) is 5.91 Å². The van der Waals surface area contributed by atoms with Gasteiger partial charge in [-0.05, 0) is 12.8 Å². The zero-order valence-electron chi connectivity index (χ0n) is 13.0. The first-order chi connectivity index (χ1) is 10.0. The number of amides is 3. The molecule has 0 radical (unpaired) electrons. The highest BCUT2D eigenvalue weighted by Gasteiger charge is 2.31. The van der Waals surface area contributed by atoms with Crippen LogP contribution in [0.1, 0.15) is 39.0 Å². The summed E-state index contributed by atoms with van der Waals surface area (Å²) in [6.45, 7) is 3.45. The van der Waals surface area contributed by atoms with Crippen LogP contribution in [0, 0.1) is 0 Å². The summed E-state index contributed by atoms with van der Waals surface area (Å²) in [5, 5.41) is 0. The van der Waals surface area contributed by atoms with Crippen molar-refractivity contribution in [3.8, 4) is 0 Å². The topological polar surface area (TPSA) is 60.9 Å². The highest BCUT2D eigenvalue weighted by Crippen LogP contribution is 2.22. The molecule has 0 spiro atoms. The molecule has 1 saturated carbocycles. The zero-order valence-corrected chi connectivity index (χ0v) is 13.0. The third-order valence-electron chi connectivity index (χ3n) is 4.64. The monoisotopic (exact) mass is 295 g/mol. The fourth-order valence-corrected chi connectivity index (χ4v) is 3.14. The fourth-order valence-electron chi connectivity index (χ4n) is 3.14. The first-order valence-corrected chi connectivity index (χ1v) is 7.82. The molecule has 0 atom stereocenters. The minimum atomic E-state index is -0.425. The van der Waals surface area contributed by atoms with Crippen molar-refractivity contribution in [1.82, 2.24) is 14.7 Å². The molecule has 0 aromatic rings. The molecule has 0 bridgehead atoms. The Bertz CT molecular complexity index is 410. The van der Waals surface area contributed by atoms with Crippen molar-refractivity contribution in [3.63, 3.8) is 0 Å². The molecule has 3 amide bonds. The van der Waals surface area contributed by atoms with Gasteiger partial charge in [0, 0.05) is 46.2 Å². The highest BCUT2D eigenvalue weighted by atomic mass is 16.2. The van der Waals surface area contributed by atoms with Gasteiger partial charge in [-0.25, -0.2) is 0 Å². The van der Waals surface area contributed by atoms with Gasteiger partial charge in [0.1, 0.15) is 0 Å². The van der Waals surface area contributed by atoms with Crippen LogP contribution in [-0.2, 0) is 14.4 Å². The Hall–Kier alpha value is -1.59. The Balaban J connectivity index is 1.87. The van der Waals surface area contributed by atoms with Crippen molar-refractivity contribution < 1.29 is 14.4 Å². The summed E-state index contributed by atoms with van der Waals surface area (Å²) in [7, 11) is 1.74. The van der Waals surface area contributed by atoms with E-state index < -0.39 is 11.8 Å². The molecule has 2 aliphatic rings. The van der Waals surface area contributed by atoms with Crippen LogP contribution in [0.2, 0.25) is 0 Å². The SMILES string of the molecule is CC(=O)N1CCN(C(=O)C(=O)N(C)C2CCCCC2)CC1. The van der Waals surface area contributed by atoms with Gasteiger partial charge in [0.05, 0.1) is 0 Å². The summed E-state index contributed by atoms with van der Waals surface area (Å²) in [6.07, 6.45) is 5.47. The Labute approximate surface area is 126 Å². The van der Waals surface area contributed by atoms with Crippen molar-refractivity contribution in [2.24, 2.45) is 0 Å². The summed E-state index contributed by atoms with van der Waals surface area (Å²) in [4.78, 5) is 40.8. The Morgan fingerprint density at radius 1 is 0.905 bits per heavy atom. The van der Waals surface area contributed by atoms with Crippen molar-refractivity contribution >= 4 is 17.7 Å². The van der Waals surface area contributed by atoms with Gasteiger partial charge in [0.15, 0.2) is 0 Å². The highest BCUT2D eigenvalue weighted by molar-refractivity contribution is 6.34. The van der Waals surface area contributed by atoms with Crippen molar-refractivity contribution in [3.05, 3.63) is 0 Å². The first kappa shape index (κ1) is 15.8. The molecule has 0 aromatic heterocycles. The number of piperazine rings is 1. The van der Waals surface area contributed by atoms with Crippen molar-refractivity contribution in [2.75, 3.05) is 33.2 Å². The maximum Gasteiger partial charge on any atom is 0.312 e. The summed E-state index contributed by atoms with van der Waals surface area (Å²) in [5.74, 6) is -0.808. The number of hydrogen-bond acceptors (Lipinski definition) is 3. The van der Waals surface area contributed by atoms with E-state index in [2.05, 4.69) is 0 Å². The molecule has 0 unspecified atom stereocenters. The van der Waals surface area contributed by atoms with Gasteiger partial charge in [0.25, 0.3) is 0 Å². The van der Waals surface area contributed by atoms with E-state index in [-0.39, 0.29) is 11.9 Å². The van der Waals surface area contributed by atoms with Gasteiger partial charge in [-0.15, -0.1) is 0 Å². The lowest BCUT2D eigenvalue weighted by Gasteiger charge is -2.36. The van der Waals surface area contributed by atoms with E-state index in [0.29, 0.717) is 26.2 Å². The third kappa shape index (κ3) is 3.74. The quantitative estimate of drug-likeness (QED) is 0.661. The van der Waals surface area contributed by atoms with E-state index in [4.69, 9.17) is 0 Å². The molecule has 6 nitrogen and oxygen atoms in total. The van der Waals surface area contributed by atoms with Crippen LogP contribution in [0.15, 0.2) is 0 Å². The average molecular weight is 295 g/mol. The Kier molecular flexibility index (Phi) is 5.20. The largest absolute Gasteiger partial charge is 0.339 e. The minimum Gasteiger partial charge on any atom is -0.339 e. The number of rotatable bonds is 1. The van der Waals surface area contributed by atoms with Crippen LogP contribution in [0.3, 0.4) is 0 Å². The van der Waals surface area contributed by atoms with Gasteiger partial charge in [-0.2, -0.15) is 0 Å². The Morgan fingerprint density at radius 3 is 1.95 bits per heavy atom. The van der Waals surface area contributed by atoms with Crippen LogP contribution in [0.5, 0.6) is 0 Å². The number of hydrogen-bond donors (Lipinski definition) is 0. The minimum absolute atomic E-state index is 0.0211. The van der Waals surface area contributed by atoms with Crippen molar-refractivity contribution in [1.29, 1.82) is 0 Å². The summed E-state index contributed by atoms with van der Waals surface area (Å²) < 4.78 is 0. The maximum absolute atomic E-state index is 12.3. The van der Waals surface area contributed by atoms with E-state index in [1.807, 2.05) is 0 Å². The van der Waals surface area contributed by atoms with E-state index in [0.717, 1.165) is 25.7 Å². The van der Waals surface area contributed by atoms with Crippen LogP contribution in [0.25, 0.3) is 0 Å². The molecule has 1 heterocycles. The van der Waals surface area contributed by atoms with E-state index in [1.54, 1.807) is 21.7 Å². The summed E-state index contributed by atoms with van der Waals surface area (Å²) in [6, 6.07) is 0.203. The molecule has 21 heavy (non-hydrogen) atoms. The number of likely N-dealkylation sites (N-methyl/N-ethyl adjacent to an activating group) is 1. The molecular weight excluding hydrogens is 270 g/mol.